The number of methoxy groups -OCH3 is 1. The van der Waals surface area contributed by atoms with Crippen LogP contribution in [0.5, 0.6) is 11.5 Å². The second-order valence-electron chi connectivity index (χ2n) is 6.14. The topological polar surface area (TPSA) is 93.3 Å². The van der Waals surface area contributed by atoms with Crippen LogP contribution in [0.15, 0.2) is 42.5 Å². The smallest absolute Gasteiger partial charge is 0.258 e. The molecule has 1 unspecified atom stereocenters. The second kappa shape index (κ2) is 7.90. The molecule has 27 heavy (non-hydrogen) atoms. The first kappa shape index (κ1) is 18.4. The number of ketones is 1. The molecule has 0 bridgehead atoms. The van der Waals surface area contributed by atoms with E-state index in [9.17, 15) is 9.59 Å². The van der Waals surface area contributed by atoms with Crippen molar-refractivity contribution in [2.24, 2.45) is 0 Å². The van der Waals surface area contributed by atoms with E-state index in [4.69, 9.17) is 9.47 Å². The average Bonchev–Trinajstić information content (AvgIpc) is 3.10. The molecule has 2 N–H and O–H groups in total. The summed E-state index contributed by atoms with van der Waals surface area (Å²) < 4.78 is 10.8. The lowest BCUT2D eigenvalue weighted by Crippen LogP contribution is -2.31. The van der Waals surface area contributed by atoms with E-state index < -0.39 is 0 Å². The molecule has 3 rings (SSSR count). The number of fused-ring (bicyclic) bond motifs is 1. The van der Waals surface area contributed by atoms with E-state index in [0.717, 1.165) is 11.0 Å². The van der Waals surface area contributed by atoms with Crippen LogP contribution in [0.2, 0.25) is 0 Å². The highest BCUT2D eigenvalue weighted by Gasteiger charge is 2.15. The molecule has 0 saturated heterocycles. The number of H-pyrrole nitrogens is 1. The van der Waals surface area contributed by atoms with Crippen molar-refractivity contribution in [3.05, 3.63) is 53.9 Å². The third-order valence-corrected chi connectivity index (χ3v) is 4.12. The van der Waals surface area contributed by atoms with Crippen molar-refractivity contribution < 1.29 is 19.1 Å². The number of hydrogen-bond acceptors (Lipinski definition) is 5. The minimum absolute atomic E-state index is 0.0720. The van der Waals surface area contributed by atoms with Crippen molar-refractivity contribution in [2.75, 3.05) is 13.7 Å². The number of benzene rings is 2. The Bertz CT molecular complexity index is 947. The number of imidazole rings is 1. The molecule has 3 aromatic rings. The average molecular weight is 367 g/mol. The highest BCUT2D eigenvalue weighted by atomic mass is 16.5. The summed E-state index contributed by atoms with van der Waals surface area (Å²) in [6, 6.07) is 12.2. The quantitative estimate of drug-likeness (QED) is 0.626. The molecule has 7 heteroatoms. The zero-order chi connectivity index (χ0) is 19.4. The van der Waals surface area contributed by atoms with E-state index in [2.05, 4.69) is 15.3 Å². The van der Waals surface area contributed by atoms with E-state index in [0.29, 0.717) is 22.9 Å². The number of aromatic amines is 1. The van der Waals surface area contributed by atoms with Gasteiger partial charge in [-0.05, 0) is 44.2 Å². The summed E-state index contributed by atoms with van der Waals surface area (Å²) in [5.74, 6) is 1.11. The lowest BCUT2D eigenvalue weighted by atomic mass is 10.1. The van der Waals surface area contributed by atoms with Crippen LogP contribution in [-0.4, -0.2) is 35.4 Å². The van der Waals surface area contributed by atoms with Gasteiger partial charge in [0, 0.05) is 5.56 Å². The Hall–Kier alpha value is -3.35. The van der Waals surface area contributed by atoms with Crippen LogP contribution in [0.3, 0.4) is 0 Å². The number of hydrogen-bond donors (Lipinski definition) is 2. The standard InChI is InChI=1S/C20H21N3O4/c1-12(20-22-15-6-4-5-7-16(15)23-20)21-19(25)11-27-17-9-8-14(13(2)24)10-18(17)26-3/h4-10,12H,11H2,1-3H3,(H,21,25)(H,22,23). The Labute approximate surface area is 156 Å². The summed E-state index contributed by atoms with van der Waals surface area (Å²) in [5, 5.41) is 2.84. The van der Waals surface area contributed by atoms with Gasteiger partial charge in [0.05, 0.1) is 24.2 Å². The molecule has 140 valence electrons. The first-order valence-electron chi connectivity index (χ1n) is 8.53. The number of nitrogens with one attached hydrogen (secondary N) is 2. The zero-order valence-corrected chi connectivity index (χ0v) is 15.4. The van der Waals surface area contributed by atoms with E-state index in [1.54, 1.807) is 18.2 Å². The predicted molar refractivity (Wildman–Crippen MR) is 101 cm³/mol. The van der Waals surface area contributed by atoms with Crippen LogP contribution < -0.4 is 14.8 Å². The molecule has 0 aliphatic heterocycles. The van der Waals surface area contributed by atoms with Crippen LogP contribution in [0, 0.1) is 0 Å². The normalized spacial score (nSPS) is 11.8. The van der Waals surface area contributed by atoms with Gasteiger partial charge in [-0.3, -0.25) is 9.59 Å². The molecule has 0 aliphatic rings. The summed E-state index contributed by atoms with van der Waals surface area (Å²) in [7, 11) is 1.48. The monoisotopic (exact) mass is 367 g/mol. The van der Waals surface area contributed by atoms with Gasteiger partial charge >= 0.3 is 0 Å². The van der Waals surface area contributed by atoms with Gasteiger partial charge in [-0.25, -0.2) is 4.98 Å². The molecule has 2 aromatic carbocycles. The molecule has 1 atom stereocenters. The van der Waals surface area contributed by atoms with Gasteiger partial charge in [-0.2, -0.15) is 0 Å². The van der Waals surface area contributed by atoms with Crippen molar-refractivity contribution in [3.63, 3.8) is 0 Å². The predicted octanol–water partition coefficient (Wildman–Crippen LogP) is 3.03. The first-order valence-corrected chi connectivity index (χ1v) is 8.53. The first-order chi connectivity index (χ1) is 13.0. The third kappa shape index (κ3) is 4.25. The fourth-order valence-electron chi connectivity index (χ4n) is 2.68. The van der Waals surface area contributed by atoms with Crippen LogP contribution in [0.4, 0.5) is 0 Å². The summed E-state index contributed by atoms with van der Waals surface area (Å²) in [6.07, 6.45) is 0. The molecule has 1 heterocycles. The van der Waals surface area contributed by atoms with Crippen molar-refractivity contribution >= 4 is 22.7 Å². The van der Waals surface area contributed by atoms with Gasteiger partial charge in [-0.15, -0.1) is 0 Å². The van der Waals surface area contributed by atoms with Gasteiger partial charge < -0.3 is 19.8 Å². The molecule has 0 radical (unpaired) electrons. The number of ether oxygens (including phenoxy) is 2. The summed E-state index contributed by atoms with van der Waals surface area (Å²) in [5.41, 5.74) is 2.28. The fourth-order valence-corrected chi connectivity index (χ4v) is 2.68. The van der Waals surface area contributed by atoms with Crippen LogP contribution >= 0.6 is 0 Å². The van der Waals surface area contributed by atoms with Gasteiger partial charge in [0.2, 0.25) is 0 Å². The van der Waals surface area contributed by atoms with Crippen molar-refractivity contribution in [2.45, 2.75) is 19.9 Å². The molecule has 7 nitrogen and oxygen atoms in total. The van der Waals surface area contributed by atoms with Crippen molar-refractivity contribution in [1.29, 1.82) is 0 Å². The van der Waals surface area contributed by atoms with Crippen LogP contribution in [0.1, 0.15) is 36.1 Å². The van der Waals surface area contributed by atoms with E-state index >= 15 is 0 Å². The Balaban J connectivity index is 1.61. The number of Topliss-reactive ketones (excluding diaryl/α,β-unsaturated/α-hetero) is 1. The Morgan fingerprint density at radius 3 is 2.67 bits per heavy atom. The lowest BCUT2D eigenvalue weighted by Gasteiger charge is -2.14. The van der Waals surface area contributed by atoms with Crippen LogP contribution in [-0.2, 0) is 4.79 Å². The molecule has 1 aromatic heterocycles. The second-order valence-corrected chi connectivity index (χ2v) is 6.14. The number of aromatic nitrogens is 2. The van der Waals surface area contributed by atoms with E-state index in [1.165, 1.54) is 14.0 Å². The molecular weight excluding hydrogens is 346 g/mol. The van der Waals surface area contributed by atoms with Crippen LogP contribution in [0.25, 0.3) is 11.0 Å². The summed E-state index contributed by atoms with van der Waals surface area (Å²) in [4.78, 5) is 31.3. The molecule has 0 saturated carbocycles. The molecule has 0 spiro atoms. The number of nitrogens with zero attached hydrogens (tertiary/aromatic N) is 1. The highest BCUT2D eigenvalue weighted by Crippen LogP contribution is 2.28. The van der Waals surface area contributed by atoms with Crippen molar-refractivity contribution in [1.82, 2.24) is 15.3 Å². The highest BCUT2D eigenvalue weighted by molar-refractivity contribution is 5.94. The number of rotatable bonds is 7. The summed E-state index contributed by atoms with van der Waals surface area (Å²) in [6.45, 7) is 3.14. The van der Waals surface area contributed by atoms with Gasteiger partial charge in [0.1, 0.15) is 5.82 Å². The molecule has 0 fully saturated rings. The van der Waals surface area contributed by atoms with Gasteiger partial charge in [0.15, 0.2) is 23.9 Å². The molecular formula is C20H21N3O4. The number of carbonyl (C=O) groups is 2. The SMILES string of the molecule is COc1cc(C(C)=O)ccc1OCC(=O)NC(C)c1nc2ccccc2[nH]1. The minimum atomic E-state index is -0.296. The van der Waals surface area contributed by atoms with Crippen molar-refractivity contribution in [3.8, 4) is 11.5 Å². The largest absolute Gasteiger partial charge is 0.493 e. The van der Waals surface area contributed by atoms with E-state index in [1.807, 2.05) is 31.2 Å². The number of amides is 1. The number of para-hydroxylation sites is 2. The minimum Gasteiger partial charge on any atom is -0.493 e. The number of carbonyl (C=O) groups excluding carboxylic acids is 2. The fraction of sp³-hybridized carbons (Fsp3) is 0.250. The van der Waals surface area contributed by atoms with E-state index in [-0.39, 0.29) is 24.3 Å². The maximum absolute atomic E-state index is 12.2. The Kier molecular flexibility index (Phi) is 5.40. The molecule has 0 aliphatic carbocycles. The maximum atomic E-state index is 12.2. The van der Waals surface area contributed by atoms with Gasteiger partial charge in [-0.1, -0.05) is 12.1 Å². The Morgan fingerprint density at radius 1 is 1.19 bits per heavy atom. The third-order valence-electron chi connectivity index (χ3n) is 4.12. The molecule has 1 amide bonds. The summed E-state index contributed by atoms with van der Waals surface area (Å²) >= 11 is 0. The zero-order valence-electron chi connectivity index (χ0n) is 15.4. The lowest BCUT2D eigenvalue weighted by molar-refractivity contribution is -0.123. The Morgan fingerprint density at radius 2 is 1.96 bits per heavy atom. The maximum Gasteiger partial charge on any atom is 0.258 e. The van der Waals surface area contributed by atoms with Gasteiger partial charge in [0.25, 0.3) is 5.91 Å².